The maximum Gasteiger partial charge on any atom is 0.325 e. The zero-order chi connectivity index (χ0) is 19.8. The molecule has 1 unspecified atom stereocenters. The lowest BCUT2D eigenvalue weighted by Crippen LogP contribution is -2.25. The van der Waals surface area contributed by atoms with E-state index in [1.54, 1.807) is 0 Å². The van der Waals surface area contributed by atoms with Gasteiger partial charge in [0.2, 0.25) is 5.91 Å². The molecule has 6 heteroatoms. The van der Waals surface area contributed by atoms with Gasteiger partial charge in [-0.05, 0) is 43.2 Å². The van der Waals surface area contributed by atoms with Crippen LogP contribution in [-0.4, -0.2) is 35.1 Å². The predicted molar refractivity (Wildman–Crippen MR) is 107 cm³/mol. The second kappa shape index (κ2) is 7.11. The molecule has 1 aliphatic heterocycles. The lowest BCUT2D eigenvalue weighted by atomic mass is 10.1. The number of carbonyl (C=O) groups excluding carboxylic acids is 2. The van der Waals surface area contributed by atoms with E-state index in [4.69, 9.17) is 9.72 Å². The van der Waals surface area contributed by atoms with Crippen molar-refractivity contribution in [1.29, 1.82) is 0 Å². The van der Waals surface area contributed by atoms with Gasteiger partial charge < -0.3 is 14.2 Å². The smallest absolute Gasteiger partial charge is 0.325 e. The third kappa shape index (κ3) is 3.05. The van der Waals surface area contributed by atoms with Crippen molar-refractivity contribution < 1.29 is 14.3 Å². The van der Waals surface area contributed by atoms with Crippen LogP contribution in [0.15, 0.2) is 42.5 Å². The molecule has 28 heavy (non-hydrogen) atoms. The predicted octanol–water partition coefficient (Wildman–Crippen LogP) is 3.35. The number of imidazole rings is 1. The number of carbonyl (C=O) groups is 2. The van der Waals surface area contributed by atoms with E-state index < -0.39 is 0 Å². The largest absolute Gasteiger partial charge is 0.468 e. The lowest BCUT2D eigenvalue weighted by molar-refractivity contribution is -0.141. The Labute approximate surface area is 163 Å². The summed E-state index contributed by atoms with van der Waals surface area (Å²) in [6.07, 6.45) is 0.373. The minimum atomic E-state index is -0.333. The van der Waals surface area contributed by atoms with Gasteiger partial charge in [-0.3, -0.25) is 9.59 Å². The van der Waals surface area contributed by atoms with Crippen molar-refractivity contribution in [2.75, 3.05) is 18.6 Å². The Morgan fingerprint density at radius 3 is 2.75 bits per heavy atom. The van der Waals surface area contributed by atoms with Crippen LogP contribution < -0.4 is 4.90 Å². The third-order valence-corrected chi connectivity index (χ3v) is 5.56. The van der Waals surface area contributed by atoms with E-state index in [9.17, 15) is 9.59 Å². The van der Waals surface area contributed by atoms with Crippen molar-refractivity contribution in [1.82, 2.24) is 9.55 Å². The molecule has 1 saturated heterocycles. The van der Waals surface area contributed by atoms with Crippen LogP contribution in [0.4, 0.5) is 5.69 Å². The summed E-state index contributed by atoms with van der Waals surface area (Å²) in [5, 5.41) is 0. The summed E-state index contributed by atoms with van der Waals surface area (Å²) in [4.78, 5) is 31.4. The molecule has 2 heterocycles. The number of methoxy groups -OCH3 is 1. The molecule has 144 valence electrons. The van der Waals surface area contributed by atoms with Gasteiger partial charge in [0.25, 0.3) is 0 Å². The minimum Gasteiger partial charge on any atom is -0.468 e. The van der Waals surface area contributed by atoms with E-state index >= 15 is 0 Å². The van der Waals surface area contributed by atoms with Crippen LogP contribution in [0.25, 0.3) is 11.0 Å². The highest BCUT2D eigenvalue weighted by Gasteiger charge is 2.35. The Kier molecular flexibility index (Phi) is 4.63. The van der Waals surface area contributed by atoms with Gasteiger partial charge in [0.15, 0.2) is 0 Å². The SMILES string of the molecule is COC(=O)Cn1c(C2CC(=O)N(c3cccc(C)c3C)C2)nc2ccccc21. The zero-order valence-corrected chi connectivity index (χ0v) is 16.3. The first kappa shape index (κ1) is 18.2. The highest BCUT2D eigenvalue weighted by Crippen LogP contribution is 2.35. The van der Waals surface area contributed by atoms with E-state index in [1.807, 2.05) is 65.8 Å². The normalized spacial score (nSPS) is 16.8. The van der Waals surface area contributed by atoms with Gasteiger partial charge in [-0.25, -0.2) is 4.98 Å². The quantitative estimate of drug-likeness (QED) is 0.654. The van der Waals surface area contributed by atoms with Crippen LogP contribution in [0.2, 0.25) is 0 Å². The molecular formula is C22H23N3O3. The van der Waals surface area contributed by atoms with E-state index in [0.717, 1.165) is 33.7 Å². The summed E-state index contributed by atoms with van der Waals surface area (Å²) in [6.45, 7) is 4.72. The standard InChI is InChI=1S/C22H23N3O3/c1-14-7-6-10-18(15(14)2)24-12-16(11-20(24)26)22-23-17-8-4-5-9-19(17)25(22)13-21(27)28-3/h4-10,16H,11-13H2,1-3H3. The first-order chi connectivity index (χ1) is 13.5. The Morgan fingerprint density at radius 2 is 1.96 bits per heavy atom. The van der Waals surface area contributed by atoms with Crippen molar-refractivity contribution in [3.63, 3.8) is 0 Å². The van der Waals surface area contributed by atoms with E-state index in [2.05, 4.69) is 0 Å². The summed E-state index contributed by atoms with van der Waals surface area (Å²) in [5.74, 6) is 0.424. The summed E-state index contributed by atoms with van der Waals surface area (Å²) in [7, 11) is 1.38. The molecule has 0 radical (unpaired) electrons. The maximum absolute atomic E-state index is 12.8. The van der Waals surface area contributed by atoms with Gasteiger partial charge in [-0.15, -0.1) is 0 Å². The Balaban J connectivity index is 1.73. The maximum atomic E-state index is 12.8. The van der Waals surface area contributed by atoms with Gasteiger partial charge >= 0.3 is 5.97 Å². The van der Waals surface area contributed by atoms with Gasteiger partial charge in [0.1, 0.15) is 12.4 Å². The monoisotopic (exact) mass is 377 g/mol. The lowest BCUT2D eigenvalue weighted by Gasteiger charge is -2.20. The third-order valence-electron chi connectivity index (χ3n) is 5.56. The second-order valence-electron chi connectivity index (χ2n) is 7.25. The van der Waals surface area contributed by atoms with E-state index in [0.29, 0.717) is 13.0 Å². The van der Waals surface area contributed by atoms with E-state index in [1.165, 1.54) is 7.11 Å². The van der Waals surface area contributed by atoms with Gasteiger partial charge in [-0.1, -0.05) is 24.3 Å². The van der Waals surface area contributed by atoms with Crippen molar-refractivity contribution >= 4 is 28.6 Å². The number of hydrogen-bond donors (Lipinski definition) is 0. The number of para-hydroxylation sites is 2. The zero-order valence-electron chi connectivity index (χ0n) is 16.3. The van der Waals surface area contributed by atoms with Crippen molar-refractivity contribution in [3.05, 3.63) is 59.4 Å². The second-order valence-corrected chi connectivity index (χ2v) is 7.25. The number of benzene rings is 2. The highest BCUT2D eigenvalue weighted by atomic mass is 16.5. The van der Waals surface area contributed by atoms with Gasteiger partial charge in [-0.2, -0.15) is 0 Å². The van der Waals surface area contributed by atoms with Gasteiger partial charge in [0.05, 0.1) is 18.1 Å². The van der Waals surface area contributed by atoms with Crippen LogP contribution in [0.3, 0.4) is 0 Å². The summed E-state index contributed by atoms with van der Waals surface area (Å²) in [6, 6.07) is 13.7. The van der Waals surface area contributed by atoms with Crippen molar-refractivity contribution in [2.24, 2.45) is 0 Å². The number of ether oxygens (including phenoxy) is 1. The number of hydrogen-bond acceptors (Lipinski definition) is 4. The summed E-state index contributed by atoms with van der Waals surface area (Å²) >= 11 is 0. The van der Waals surface area contributed by atoms with Crippen molar-refractivity contribution in [3.8, 4) is 0 Å². The minimum absolute atomic E-state index is 0.0791. The number of esters is 1. The molecule has 1 atom stereocenters. The van der Waals surface area contributed by atoms with Crippen LogP contribution in [0.5, 0.6) is 0 Å². The van der Waals surface area contributed by atoms with Crippen LogP contribution >= 0.6 is 0 Å². The highest BCUT2D eigenvalue weighted by molar-refractivity contribution is 5.97. The Hall–Kier alpha value is -3.15. The molecule has 2 aromatic carbocycles. The molecule has 0 spiro atoms. The molecule has 6 nitrogen and oxygen atoms in total. The van der Waals surface area contributed by atoms with E-state index in [-0.39, 0.29) is 24.3 Å². The number of fused-ring (bicyclic) bond motifs is 1. The topological polar surface area (TPSA) is 64.4 Å². The average molecular weight is 377 g/mol. The molecule has 4 rings (SSSR count). The van der Waals surface area contributed by atoms with Crippen LogP contribution in [0, 0.1) is 13.8 Å². The average Bonchev–Trinajstić information content (AvgIpc) is 3.25. The molecule has 1 fully saturated rings. The number of aryl methyl sites for hydroxylation is 1. The first-order valence-corrected chi connectivity index (χ1v) is 9.38. The fourth-order valence-corrected chi connectivity index (χ4v) is 3.91. The van der Waals surface area contributed by atoms with Gasteiger partial charge in [0, 0.05) is 24.6 Å². The summed E-state index contributed by atoms with van der Waals surface area (Å²) in [5.41, 5.74) is 4.91. The molecule has 0 bridgehead atoms. The molecule has 1 aromatic heterocycles. The fraction of sp³-hybridized carbons (Fsp3) is 0.318. The summed E-state index contributed by atoms with van der Waals surface area (Å²) < 4.78 is 6.75. The number of rotatable bonds is 4. The molecular weight excluding hydrogens is 354 g/mol. The Bertz CT molecular complexity index is 1070. The molecule has 3 aromatic rings. The van der Waals surface area contributed by atoms with Crippen molar-refractivity contribution in [2.45, 2.75) is 32.7 Å². The molecule has 1 amide bonds. The first-order valence-electron chi connectivity index (χ1n) is 9.38. The number of amides is 1. The molecule has 1 aliphatic rings. The molecule has 0 aliphatic carbocycles. The fourth-order valence-electron chi connectivity index (χ4n) is 3.91. The number of nitrogens with zero attached hydrogens (tertiary/aromatic N) is 3. The van der Waals surface area contributed by atoms with Crippen LogP contribution in [0.1, 0.15) is 29.3 Å². The number of anilines is 1. The molecule has 0 N–H and O–H groups in total. The Morgan fingerprint density at radius 1 is 1.18 bits per heavy atom. The molecule has 0 saturated carbocycles. The van der Waals surface area contributed by atoms with Crippen LogP contribution in [-0.2, 0) is 20.9 Å². The number of aromatic nitrogens is 2.